The van der Waals surface area contributed by atoms with Gasteiger partial charge in [-0.3, -0.25) is 4.79 Å². The van der Waals surface area contributed by atoms with Crippen LogP contribution < -0.4 is 10.1 Å². The fourth-order valence-corrected chi connectivity index (χ4v) is 3.20. The molecule has 24 heavy (non-hydrogen) atoms. The summed E-state index contributed by atoms with van der Waals surface area (Å²) in [6, 6.07) is 15.3. The van der Waals surface area contributed by atoms with Crippen LogP contribution in [0.5, 0.6) is 5.75 Å². The summed E-state index contributed by atoms with van der Waals surface area (Å²) in [5.41, 5.74) is 1.67. The Kier molecular flexibility index (Phi) is 7.15. The van der Waals surface area contributed by atoms with Crippen molar-refractivity contribution in [2.45, 2.75) is 17.9 Å². The summed E-state index contributed by atoms with van der Waals surface area (Å²) in [4.78, 5) is 13.5. The van der Waals surface area contributed by atoms with Gasteiger partial charge in [0.05, 0.1) is 18.8 Å². The Hall–Kier alpha value is -1.98. The Labute approximate surface area is 147 Å². The normalized spacial score (nSPS) is 11.8. The average Bonchev–Trinajstić information content (AvgIpc) is 2.63. The van der Waals surface area contributed by atoms with Gasteiger partial charge in [0, 0.05) is 18.6 Å². The molecule has 0 heterocycles. The van der Waals surface area contributed by atoms with Crippen LogP contribution in [0.3, 0.4) is 0 Å². The molecule has 0 bridgehead atoms. The highest BCUT2D eigenvalue weighted by atomic mass is 32.2. The second-order valence-corrected chi connectivity index (χ2v) is 6.45. The number of carbonyl (C=O) groups is 1. The molecule has 0 saturated carbocycles. The van der Waals surface area contributed by atoms with E-state index in [1.165, 1.54) is 0 Å². The fourth-order valence-electron chi connectivity index (χ4n) is 2.40. The van der Waals surface area contributed by atoms with Gasteiger partial charge in [0.15, 0.2) is 0 Å². The van der Waals surface area contributed by atoms with E-state index in [1.54, 1.807) is 26.0 Å². The molecule has 2 aromatic carbocycles. The predicted molar refractivity (Wildman–Crippen MR) is 97.9 cm³/mol. The van der Waals surface area contributed by atoms with Crippen LogP contribution in [0.15, 0.2) is 53.4 Å². The molecule has 0 aliphatic carbocycles. The molecule has 2 aromatic rings. The van der Waals surface area contributed by atoms with E-state index >= 15 is 0 Å². The lowest BCUT2D eigenvalue weighted by atomic mass is 10.1. The highest BCUT2D eigenvalue weighted by Crippen LogP contribution is 2.23. The molecular weight excluding hydrogens is 322 g/mol. The summed E-state index contributed by atoms with van der Waals surface area (Å²) >= 11 is 1.66. The summed E-state index contributed by atoms with van der Waals surface area (Å²) in [7, 11) is 3.27. The maximum atomic E-state index is 12.5. The monoisotopic (exact) mass is 345 g/mol. The molecule has 0 fully saturated rings. The summed E-state index contributed by atoms with van der Waals surface area (Å²) in [6.07, 6.45) is -0.227. The van der Waals surface area contributed by atoms with Gasteiger partial charge in [-0.05, 0) is 35.6 Å². The van der Waals surface area contributed by atoms with Crippen molar-refractivity contribution in [3.63, 3.8) is 0 Å². The topological polar surface area (TPSA) is 47.6 Å². The van der Waals surface area contributed by atoms with Crippen LogP contribution in [-0.2, 0) is 4.74 Å². The molecule has 0 spiro atoms. The zero-order chi connectivity index (χ0) is 17.4. The molecule has 0 aliphatic rings. The smallest absolute Gasteiger partial charge is 0.252 e. The Morgan fingerprint density at radius 1 is 1.17 bits per heavy atom. The van der Waals surface area contributed by atoms with E-state index in [9.17, 15) is 4.79 Å². The molecule has 1 atom stereocenters. The summed E-state index contributed by atoms with van der Waals surface area (Å²) < 4.78 is 10.8. The lowest BCUT2D eigenvalue weighted by molar-refractivity contribution is 0.0825. The zero-order valence-electron chi connectivity index (χ0n) is 14.2. The second kappa shape index (κ2) is 9.35. The van der Waals surface area contributed by atoms with E-state index in [4.69, 9.17) is 9.47 Å². The number of nitrogens with one attached hydrogen (secondary N) is 1. The Morgan fingerprint density at radius 2 is 1.96 bits per heavy atom. The average molecular weight is 345 g/mol. The quantitative estimate of drug-likeness (QED) is 0.737. The van der Waals surface area contributed by atoms with Gasteiger partial charge < -0.3 is 14.8 Å². The molecule has 1 unspecified atom stereocenters. The minimum Gasteiger partial charge on any atom is -0.497 e. The van der Waals surface area contributed by atoms with Crippen molar-refractivity contribution in [2.75, 3.05) is 26.5 Å². The number of hydrogen-bond acceptors (Lipinski definition) is 4. The van der Waals surface area contributed by atoms with Gasteiger partial charge in [-0.15, -0.1) is 11.8 Å². The van der Waals surface area contributed by atoms with Gasteiger partial charge in [-0.2, -0.15) is 0 Å². The third kappa shape index (κ3) is 4.76. The van der Waals surface area contributed by atoms with E-state index < -0.39 is 0 Å². The molecule has 2 rings (SSSR count). The van der Waals surface area contributed by atoms with Crippen molar-refractivity contribution in [2.24, 2.45) is 0 Å². The van der Waals surface area contributed by atoms with Gasteiger partial charge in [0.2, 0.25) is 0 Å². The van der Waals surface area contributed by atoms with Gasteiger partial charge >= 0.3 is 0 Å². The first-order chi connectivity index (χ1) is 11.7. The standard InChI is InChI=1S/C19H23NO3S/c1-4-24-18-11-6-5-10-16(18)19(21)20-13-17(23-3)14-8-7-9-15(12-14)22-2/h5-12,17H,4,13H2,1-3H3,(H,20,21). The van der Waals surface area contributed by atoms with E-state index in [0.717, 1.165) is 22.0 Å². The third-order valence-electron chi connectivity index (χ3n) is 3.63. The maximum absolute atomic E-state index is 12.5. The summed E-state index contributed by atoms with van der Waals surface area (Å²) in [5.74, 6) is 1.61. The maximum Gasteiger partial charge on any atom is 0.252 e. The minimum absolute atomic E-state index is 0.0866. The van der Waals surface area contributed by atoms with Crippen LogP contribution in [-0.4, -0.2) is 32.4 Å². The van der Waals surface area contributed by atoms with Crippen LogP contribution in [0.2, 0.25) is 0 Å². The van der Waals surface area contributed by atoms with Crippen molar-refractivity contribution in [3.05, 3.63) is 59.7 Å². The van der Waals surface area contributed by atoms with Crippen LogP contribution >= 0.6 is 11.8 Å². The first-order valence-electron chi connectivity index (χ1n) is 7.86. The van der Waals surface area contributed by atoms with Crippen molar-refractivity contribution in [3.8, 4) is 5.75 Å². The van der Waals surface area contributed by atoms with Gasteiger partial charge in [0.1, 0.15) is 5.75 Å². The number of ether oxygens (including phenoxy) is 2. The number of methoxy groups -OCH3 is 2. The van der Waals surface area contributed by atoms with Crippen molar-refractivity contribution < 1.29 is 14.3 Å². The van der Waals surface area contributed by atoms with Crippen LogP contribution in [0.25, 0.3) is 0 Å². The lowest BCUT2D eigenvalue weighted by Crippen LogP contribution is -2.29. The van der Waals surface area contributed by atoms with E-state index in [1.807, 2.05) is 48.5 Å². The molecule has 5 heteroatoms. The number of rotatable bonds is 8. The highest BCUT2D eigenvalue weighted by molar-refractivity contribution is 7.99. The number of thioether (sulfide) groups is 1. The summed E-state index contributed by atoms with van der Waals surface area (Å²) in [5, 5.41) is 2.97. The van der Waals surface area contributed by atoms with Crippen LogP contribution in [0, 0.1) is 0 Å². The highest BCUT2D eigenvalue weighted by Gasteiger charge is 2.15. The largest absolute Gasteiger partial charge is 0.497 e. The van der Waals surface area contributed by atoms with E-state index in [-0.39, 0.29) is 12.0 Å². The molecule has 4 nitrogen and oxygen atoms in total. The second-order valence-electron chi connectivity index (χ2n) is 5.14. The van der Waals surface area contributed by atoms with Gasteiger partial charge in [-0.25, -0.2) is 0 Å². The Bertz CT molecular complexity index is 675. The van der Waals surface area contributed by atoms with Crippen molar-refractivity contribution >= 4 is 17.7 Å². The van der Waals surface area contributed by atoms with Crippen molar-refractivity contribution in [1.29, 1.82) is 0 Å². The van der Waals surface area contributed by atoms with Crippen LogP contribution in [0.1, 0.15) is 28.9 Å². The zero-order valence-corrected chi connectivity index (χ0v) is 15.1. The number of amides is 1. The number of carbonyl (C=O) groups excluding carboxylic acids is 1. The Morgan fingerprint density at radius 3 is 2.67 bits per heavy atom. The first kappa shape index (κ1) is 18.4. The summed E-state index contributed by atoms with van der Waals surface area (Å²) in [6.45, 7) is 2.47. The number of benzene rings is 2. The minimum atomic E-state index is -0.227. The first-order valence-corrected chi connectivity index (χ1v) is 8.85. The van der Waals surface area contributed by atoms with E-state index in [0.29, 0.717) is 12.1 Å². The molecule has 0 aromatic heterocycles. The molecule has 1 N–H and O–H groups in total. The fraction of sp³-hybridized carbons (Fsp3) is 0.316. The molecule has 0 radical (unpaired) electrons. The van der Waals surface area contributed by atoms with Crippen molar-refractivity contribution in [1.82, 2.24) is 5.32 Å². The SMILES string of the molecule is CCSc1ccccc1C(=O)NCC(OC)c1cccc(OC)c1. The number of hydrogen-bond donors (Lipinski definition) is 1. The Balaban J connectivity index is 2.06. The van der Waals surface area contributed by atoms with Gasteiger partial charge in [-0.1, -0.05) is 31.2 Å². The molecule has 0 saturated heterocycles. The molecule has 128 valence electrons. The lowest BCUT2D eigenvalue weighted by Gasteiger charge is -2.18. The molecule has 1 amide bonds. The van der Waals surface area contributed by atoms with Gasteiger partial charge in [0.25, 0.3) is 5.91 Å². The van der Waals surface area contributed by atoms with E-state index in [2.05, 4.69) is 12.2 Å². The predicted octanol–water partition coefficient (Wildman–Crippen LogP) is 3.92. The molecule has 0 aliphatic heterocycles. The molecular formula is C19H23NO3S. The third-order valence-corrected chi connectivity index (χ3v) is 4.59. The van der Waals surface area contributed by atoms with Crippen LogP contribution in [0.4, 0.5) is 0 Å².